The highest BCUT2D eigenvalue weighted by molar-refractivity contribution is 5.78. The lowest BCUT2D eigenvalue weighted by atomic mass is 9.99. The summed E-state index contributed by atoms with van der Waals surface area (Å²) in [7, 11) is 3.48. The van der Waals surface area contributed by atoms with Gasteiger partial charge >= 0.3 is 5.97 Å². The molecular formula is C19H26N4O2. The monoisotopic (exact) mass is 342 g/mol. The molecule has 6 nitrogen and oxygen atoms in total. The molecule has 0 aliphatic carbocycles. The molecule has 0 radical (unpaired) electrons. The predicted molar refractivity (Wildman–Crippen MR) is 96.0 cm³/mol. The third-order valence-corrected chi connectivity index (χ3v) is 4.97. The lowest BCUT2D eigenvalue weighted by Crippen LogP contribution is -2.49. The van der Waals surface area contributed by atoms with Gasteiger partial charge in [-0.05, 0) is 18.1 Å². The summed E-state index contributed by atoms with van der Waals surface area (Å²) in [5, 5.41) is 0. The fraction of sp³-hybridized carbons (Fsp3) is 0.474. The van der Waals surface area contributed by atoms with Gasteiger partial charge in [0.05, 0.1) is 13.7 Å². The molecule has 1 saturated heterocycles. The first-order valence-corrected chi connectivity index (χ1v) is 8.66. The van der Waals surface area contributed by atoms with Gasteiger partial charge in [-0.3, -0.25) is 9.80 Å². The molecule has 2 aromatic rings. The predicted octanol–water partition coefficient (Wildman–Crippen LogP) is 1.76. The molecule has 1 aliphatic rings. The van der Waals surface area contributed by atoms with E-state index in [1.807, 2.05) is 50.6 Å². The van der Waals surface area contributed by atoms with Crippen molar-refractivity contribution in [1.29, 1.82) is 0 Å². The molecule has 0 bridgehead atoms. The second kappa shape index (κ2) is 7.80. The normalized spacial score (nSPS) is 17.4. The van der Waals surface area contributed by atoms with Gasteiger partial charge < -0.3 is 9.30 Å². The largest absolute Gasteiger partial charge is 0.468 e. The minimum Gasteiger partial charge on any atom is -0.468 e. The fourth-order valence-corrected chi connectivity index (χ4v) is 3.41. The van der Waals surface area contributed by atoms with Gasteiger partial charge in [-0.1, -0.05) is 24.3 Å². The van der Waals surface area contributed by atoms with E-state index in [1.54, 1.807) is 0 Å². The van der Waals surface area contributed by atoms with Crippen LogP contribution in [-0.2, 0) is 23.1 Å². The number of esters is 1. The van der Waals surface area contributed by atoms with Crippen LogP contribution in [0, 0.1) is 6.92 Å². The first kappa shape index (κ1) is 17.6. The molecule has 1 aromatic carbocycles. The van der Waals surface area contributed by atoms with E-state index in [0.717, 1.165) is 49.7 Å². The fourth-order valence-electron chi connectivity index (χ4n) is 3.41. The van der Waals surface area contributed by atoms with E-state index in [2.05, 4.69) is 19.4 Å². The number of carbonyl (C=O) groups excluding carboxylic acids is 1. The van der Waals surface area contributed by atoms with E-state index >= 15 is 0 Å². The van der Waals surface area contributed by atoms with E-state index < -0.39 is 0 Å². The van der Waals surface area contributed by atoms with Crippen molar-refractivity contribution in [3.63, 3.8) is 0 Å². The third kappa shape index (κ3) is 3.91. The van der Waals surface area contributed by atoms with Crippen LogP contribution in [0.25, 0.3) is 0 Å². The second-order valence-corrected chi connectivity index (χ2v) is 6.55. The Morgan fingerprint density at radius 2 is 1.96 bits per heavy atom. The van der Waals surface area contributed by atoms with Gasteiger partial charge in [0.25, 0.3) is 0 Å². The van der Waals surface area contributed by atoms with Crippen molar-refractivity contribution in [2.75, 3.05) is 33.3 Å². The summed E-state index contributed by atoms with van der Waals surface area (Å²) in [5.74, 6) is 0.878. The highest BCUT2D eigenvalue weighted by atomic mass is 16.5. The van der Waals surface area contributed by atoms with Crippen molar-refractivity contribution in [2.24, 2.45) is 7.05 Å². The van der Waals surface area contributed by atoms with Crippen LogP contribution in [0.5, 0.6) is 0 Å². The lowest BCUT2D eigenvalue weighted by molar-refractivity contribution is -0.148. The first-order valence-electron chi connectivity index (χ1n) is 8.66. The van der Waals surface area contributed by atoms with Gasteiger partial charge in [0.1, 0.15) is 11.9 Å². The Morgan fingerprint density at radius 3 is 2.56 bits per heavy atom. The Hall–Kier alpha value is -2.18. The lowest BCUT2D eigenvalue weighted by Gasteiger charge is -2.38. The Morgan fingerprint density at radius 1 is 1.24 bits per heavy atom. The van der Waals surface area contributed by atoms with Gasteiger partial charge in [-0.25, -0.2) is 9.78 Å². The highest BCUT2D eigenvalue weighted by Crippen LogP contribution is 2.26. The van der Waals surface area contributed by atoms with Crippen LogP contribution in [-0.4, -0.2) is 58.6 Å². The standard InChI is InChI=1S/C19H26N4O2/c1-15-6-4-5-7-16(15)18(19(24)25-3)23-12-10-22(11-13-23)14-17-20-8-9-21(17)2/h4-9,18H,10-14H2,1-3H3/t18-/m1/s1. The van der Waals surface area contributed by atoms with Crippen LogP contribution >= 0.6 is 0 Å². The third-order valence-electron chi connectivity index (χ3n) is 4.97. The Labute approximate surface area is 149 Å². The van der Waals surface area contributed by atoms with Gasteiger partial charge in [0.15, 0.2) is 0 Å². The second-order valence-electron chi connectivity index (χ2n) is 6.55. The molecule has 1 atom stereocenters. The maximum atomic E-state index is 12.5. The number of ether oxygens (including phenoxy) is 1. The maximum absolute atomic E-state index is 12.5. The minimum absolute atomic E-state index is 0.188. The topological polar surface area (TPSA) is 50.6 Å². The molecule has 0 unspecified atom stereocenters. The number of rotatable bonds is 5. The van der Waals surface area contributed by atoms with Crippen molar-refractivity contribution >= 4 is 5.97 Å². The number of benzene rings is 1. The van der Waals surface area contributed by atoms with Gasteiger partial charge in [-0.15, -0.1) is 0 Å². The number of nitrogens with zero attached hydrogens (tertiary/aromatic N) is 4. The number of hydrogen-bond acceptors (Lipinski definition) is 5. The van der Waals surface area contributed by atoms with E-state index in [0.29, 0.717) is 0 Å². The van der Waals surface area contributed by atoms with Gasteiger partial charge in [-0.2, -0.15) is 0 Å². The molecule has 1 aromatic heterocycles. The Kier molecular flexibility index (Phi) is 5.50. The molecule has 0 N–H and O–H groups in total. The molecule has 1 aliphatic heterocycles. The summed E-state index contributed by atoms with van der Waals surface area (Å²) in [4.78, 5) is 21.5. The zero-order valence-electron chi connectivity index (χ0n) is 15.2. The molecule has 134 valence electrons. The number of aryl methyl sites for hydroxylation is 2. The van der Waals surface area contributed by atoms with Crippen LogP contribution < -0.4 is 0 Å². The van der Waals surface area contributed by atoms with Crippen LogP contribution in [0.2, 0.25) is 0 Å². The number of methoxy groups -OCH3 is 1. The van der Waals surface area contributed by atoms with E-state index in [1.165, 1.54) is 7.11 Å². The van der Waals surface area contributed by atoms with Crippen molar-refractivity contribution in [3.05, 3.63) is 53.6 Å². The Bertz CT molecular complexity index is 720. The summed E-state index contributed by atoms with van der Waals surface area (Å²) in [6.45, 7) is 6.36. The first-order chi connectivity index (χ1) is 12.1. The number of carbonyl (C=O) groups is 1. The van der Waals surface area contributed by atoms with E-state index in [9.17, 15) is 4.79 Å². The van der Waals surface area contributed by atoms with Crippen LogP contribution in [0.3, 0.4) is 0 Å². The summed E-state index contributed by atoms with van der Waals surface area (Å²) in [6, 6.07) is 7.72. The molecule has 25 heavy (non-hydrogen) atoms. The SMILES string of the molecule is COC(=O)[C@@H](c1ccccc1C)N1CCN(Cc2nccn2C)CC1. The molecule has 1 fully saturated rings. The highest BCUT2D eigenvalue weighted by Gasteiger charge is 2.32. The summed E-state index contributed by atoms with van der Waals surface area (Å²) < 4.78 is 7.15. The maximum Gasteiger partial charge on any atom is 0.327 e. The van der Waals surface area contributed by atoms with E-state index in [-0.39, 0.29) is 12.0 Å². The molecule has 0 amide bonds. The van der Waals surface area contributed by atoms with Crippen LogP contribution in [0.4, 0.5) is 0 Å². The van der Waals surface area contributed by atoms with E-state index in [4.69, 9.17) is 4.74 Å². The van der Waals surface area contributed by atoms with Crippen LogP contribution in [0.15, 0.2) is 36.7 Å². The Balaban J connectivity index is 1.69. The number of hydrogen-bond donors (Lipinski definition) is 0. The zero-order valence-corrected chi connectivity index (χ0v) is 15.2. The number of aromatic nitrogens is 2. The van der Waals surface area contributed by atoms with Crippen LogP contribution in [0.1, 0.15) is 23.0 Å². The van der Waals surface area contributed by atoms with Crippen molar-refractivity contribution in [2.45, 2.75) is 19.5 Å². The molecule has 0 spiro atoms. The average Bonchev–Trinajstić information content (AvgIpc) is 3.03. The van der Waals surface area contributed by atoms with Crippen molar-refractivity contribution < 1.29 is 9.53 Å². The van der Waals surface area contributed by atoms with Gasteiger partial charge in [0, 0.05) is 45.6 Å². The quantitative estimate of drug-likeness (QED) is 0.775. The number of piperazine rings is 1. The number of imidazole rings is 1. The summed E-state index contributed by atoms with van der Waals surface area (Å²) in [5.41, 5.74) is 2.15. The summed E-state index contributed by atoms with van der Waals surface area (Å²) >= 11 is 0. The molecular weight excluding hydrogens is 316 g/mol. The summed E-state index contributed by atoms with van der Waals surface area (Å²) in [6.07, 6.45) is 3.80. The molecule has 3 rings (SSSR count). The van der Waals surface area contributed by atoms with Gasteiger partial charge in [0.2, 0.25) is 0 Å². The zero-order chi connectivity index (χ0) is 17.8. The molecule has 6 heteroatoms. The average molecular weight is 342 g/mol. The van der Waals surface area contributed by atoms with Crippen molar-refractivity contribution in [3.8, 4) is 0 Å². The molecule has 2 heterocycles. The smallest absolute Gasteiger partial charge is 0.327 e. The molecule has 0 saturated carbocycles. The van der Waals surface area contributed by atoms with Crippen molar-refractivity contribution in [1.82, 2.24) is 19.4 Å². The minimum atomic E-state index is -0.332.